The van der Waals surface area contributed by atoms with Crippen LogP contribution in [-0.2, 0) is 30.7 Å². The molecule has 0 spiro atoms. The number of aromatic amines is 1. The van der Waals surface area contributed by atoms with Crippen molar-refractivity contribution in [1.29, 1.82) is 0 Å². The third kappa shape index (κ3) is 4.16. The van der Waals surface area contributed by atoms with Gasteiger partial charge in [0, 0.05) is 59.1 Å². The predicted molar refractivity (Wildman–Crippen MR) is 130 cm³/mol. The van der Waals surface area contributed by atoms with Crippen LogP contribution in [0.2, 0.25) is 0 Å². The van der Waals surface area contributed by atoms with E-state index in [9.17, 15) is 9.59 Å². The second-order valence-corrected chi connectivity index (χ2v) is 9.32. The molecule has 1 aliphatic heterocycles. The minimum atomic E-state index is -0.0741. The zero-order chi connectivity index (χ0) is 22.9. The number of hydrogen-bond donors (Lipinski definition) is 2. The van der Waals surface area contributed by atoms with E-state index in [-0.39, 0.29) is 11.8 Å². The summed E-state index contributed by atoms with van der Waals surface area (Å²) in [7, 11) is 0. The van der Waals surface area contributed by atoms with E-state index in [1.54, 1.807) is 0 Å². The third-order valence-electron chi connectivity index (χ3n) is 6.51. The van der Waals surface area contributed by atoms with E-state index >= 15 is 0 Å². The van der Waals surface area contributed by atoms with Crippen molar-refractivity contribution < 1.29 is 9.59 Å². The zero-order valence-electron chi connectivity index (χ0n) is 18.8. The van der Waals surface area contributed by atoms with Gasteiger partial charge in [-0.25, -0.2) is 0 Å². The zero-order valence-corrected chi connectivity index (χ0v) is 19.6. The molecule has 2 N–H and O–H groups in total. The van der Waals surface area contributed by atoms with Gasteiger partial charge in [-0.2, -0.15) is 11.3 Å². The smallest absolute Gasteiger partial charge is 0.252 e. The second kappa shape index (κ2) is 8.83. The van der Waals surface area contributed by atoms with Crippen LogP contribution in [0.4, 0.5) is 0 Å². The maximum atomic E-state index is 13.2. The van der Waals surface area contributed by atoms with Gasteiger partial charge >= 0.3 is 0 Å². The largest absolute Gasteiger partial charge is 0.358 e. The molecule has 0 atom stereocenters. The van der Waals surface area contributed by atoms with Crippen LogP contribution in [0.25, 0.3) is 10.9 Å². The van der Waals surface area contributed by atoms with Gasteiger partial charge in [0.05, 0.1) is 6.42 Å². The maximum absolute atomic E-state index is 13.2. The number of carbonyl (C=O) groups is 2. The van der Waals surface area contributed by atoms with Crippen molar-refractivity contribution in [3.63, 3.8) is 0 Å². The molecule has 1 aliphatic rings. The van der Waals surface area contributed by atoms with E-state index in [4.69, 9.17) is 0 Å². The van der Waals surface area contributed by atoms with Gasteiger partial charge in [-0.15, -0.1) is 0 Å². The number of H-pyrrole nitrogens is 1. The number of amides is 2. The molecule has 3 aromatic heterocycles. The van der Waals surface area contributed by atoms with Gasteiger partial charge in [-0.3, -0.25) is 14.6 Å². The summed E-state index contributed by atoms with van der Waals surface area (Å²) in [5.74, 6) is 0.0522. The Hall–Kier alpha value is -3.45. The summed E-state index contributed by atoms with van der Waals surface area (Å²) >= 11 is 1.51. The monoisotopic (exact) mass is 458 g/mol. The topological polar surface area (TPSA) is 78.1 Å². The third-order valence-corrected chi connectivity index (χ3v) is 7.20. The molecule has 7 heteroatoms. The highest BCUT2D eigenvalue weighted by molar-refractivity contribution is 7.08. The number of aromatic nitrogens is 2. The van der Waals surface area contributed by atoms with Crippen molar-refractivity contribution in [2.24, 2.45) is 0 Å². The molecule has 4 heterocycles. The first-order chi connectivity index (χ1) is 16.0. The number of benzene rings is 1. The number of aryl methyl sites for hydroxylation is 2. The number of carbonyl (C=O) groups excluding carboxylic acids is 2. The number of nitrogens with one attached hydrogen (secondary N) is 2. The lowest BCUT2D eigenvalue weighted by Gasteiger charge is -2.30. The number of rotatable bonds is 5. The Balaban J connectivity index is 1.31. The fraction of sp³-hybridized carbons (Fsp3) is 0.269. The number of hydrogen-bond acceptors (Lipinski definition) is 4. The molecule has 0 saturated heterocycles. The van der Waals surface area contributed by atoms with Crippen LogP contribution in [0.3, 0.4) is 0 Å². The van der Waals surface area contributed by atoms with Crippen LogP contribution in [-0.4, -0.2) is 33.2 Å². The molecular formula is C26H26N4O2S. The van der Waals surface area contributed by atoms with E-state index in [1.807, 2.05) is 60.0 Å². The fourth-order valence-electron chi connectivity index (χ4n) is 4.66. The molecule has 0 unspecified atom stereocenters. The number of nitrogens with zero attached hydrogens (tertiary/aromatic N) is 2. The molecule has 0 aliphatic carbocycles. The molecule has 5 rings (SSSR count). The predicted octanol–water partition coefficient (Wildman–Crippen LogP) is 4.30. The Morgan fingerprint density at radius 3 is 2.85 bits per heavy atom. The first-order valence-electron chi connectivity index (χ1n) is 11.1. The van der Waals surface area contributed by atoms with Gasteiger partial charge in [0.15, 0.2) is 0 Å². The van der Waals surface area contributed by atoms with Gasteiger partial charge in [-0.1, -0.05) is 18.2 Å². The average molecular weight is 459 g/mol. The molecule has 6 nitrogen and oxygen atoms in total. The lowest BCUT2D eigenvalue weighted by Crippen LogP contribution is -2.38. The van der Waals surface area contributed by atoms with Crippen LogP contribution in [0, 0.1) is 13.8 Å². The van der Waals surface area contributed by atoms with Gasteiger partial charge < -0.3 is 15.2 Å². The Bertz CT molecular complexity index is 1340. The highest BCUT2D eigenvalue weighted by Crippen LogP contribution is 2.27. The second-order valence-electron chi connectivity index (χ2n) is 8.54. The van der Waals surface area contributed by atoms with Crippen LogP contribution in [0.5, 0.6) is 0 Å². The molecule has 0 fully saturated rings. The standard InChI is InChI=1S/C26H26N4O2S/c1-16-23(13-28-26(32)18-8-10-33-15-18)20-7-9-30(14-19(20)12-27-16)25(31)11-22-17(2)29-24-6-4-3-5-21(22)24/h3-6,8,10,12,15,29H,7,9,11,13-14H2,1-2H3,(H,28,32). The Kier molecular flexibility index (Phi) is 5.72. The van der Waals surface area contributed by atoms with Gasteiger partial charge in [0.1, 0.15) is 0 Å². The van der Waals surface area contributed by atoms with Crippen molar-refractivity contribution in [3.05, 3.63) is 86.5 Å². The number of para-hydroxylation sites is 1. The normalized spacial score (nSPS) is 13.2. The lowest BCUT2D eigenvalue weighted by molar-refractivity contribution is -0.131. The van der Waals surface area contributed by atoms with Crippen LogP contribution in [0.15, 0.2) is 47.3 Å². The molecule has 4 aromatic rings. The van der Waals surface area contributed by atoms with Crippen molar-refractivity contribution in [1.82, 2.24) is 20.2 Å². The Morgan fingerprint density at radius 1 is 1.18 bits per heavy atom. The quantitative estimate of drug-likeness (QED) is 0.468. The van der Waals surface area contributed by atoms with Crippen LogP contribution < -0.4 is 5.32 Å². The maximum Gasteiger partial charge on any atom is 0.252 e. The van der Waals surface area contributed by atoms with E-state index < -0.39 is 0 Å². The van der Waals surface area contributed by atoms with Gasteiger partial charge in [0.25, 0.3) is 5.91 Å². The minimum absolute atomic E-state index is 0.0741. The van der Waals surface area contributed by atoms with E-state index in [0.717, 1.165) is 45.4 Å². The van der Waals surface area contributed by atoms with Crippen molar-refractivity contribution in [3.8, 4) is 0 Å². The fourth-order valence-corrected chi connectivity index (χ4v) is 5.30. The van der Waals surface area contributed by atoms with E-state index in [0.29, 0.717) is 31.6 Å². The summed E-state index contributed by atoms with van der Waals surface area (Å²) in [4.78, 5) is 35.5. The molecule has 2 amide bonds. The summed E-state index contributed by atoms with van der Waals surface area (Å²) in [5.41, 5.74) is 8.12. The first kappa shape index (κ1) is 21.4. The molecule has 0 bridgehead atoms. The summed E-state index contributed by atoms with van der Waals surface area (Å²) in [6, 6.07) is 9.94. The summed E-state index contributed by atoms with van der Waals surface area (Å²) in [6.07, 6.45) is 3.03. The Labute approximate surface area is 196 Å². The molecule has 1 aromatic carbocycles. The number of pyridine rings is 1. The van der Waals surface area contributed by atoms with Crippen LogP contribution >= 0.6 is 11.3 Å². The van der Waals surface area contributed by atoms with Crippen molar-refractivity contribution in [2.75, 3.05) is 6.54 Å². The molecule has 33 heavy (non-hydrogen) atoms. The van der Waals surface area contributed by atoms with Crippen molar-refractivity contribution in [2.45, 2.75) is 39.8 Å². The van der Waals surface area contributed by atoms with E-state index in [2.05, 4.69) is 21.4 Å². The molecule has 168 valence electrons. The van der Waals surface area contributed by atoms with Crippen molar-refractivity contribution >= 4 is 34.1 Å². The number of fused-ring (bicyclic) bond motifs is 2. The van der Waals surface area contributed by atoms with E-state index in [1.165, 1.54) is 16.9 Å². The summed E-state index contributed by atoms with van der Waals surface area (Å²) in [5, 5.41) is 7.88. The molecular weight excluding hydrogens is 432 g/mol. The average Bonchev–Trinajstić information content (AvgIpc) is 3.46. The minimum Gasteiger partial charge on any atom is -0.358 e. The number of thiophene rings is 1. The molecule has 0 radical (unpaired) electrons. The lowest BCUT2D eigenvalue weighted by atomic mass is 9.94. The van der Waals surface area contributed by atoms with Crippen LogP contribution in [0.1, 0.15) is 44.0 Å². The Morgan fingerprint density at radius 2 is 2.03 bits per heavy atom. The SMILES string of the molecule is Cc1ncc2c(c1CNC(=O)c1ccsc1)CCN(C(=O)Cc1c(C)[nH]c3ccccc13)C2. The van der Waals surface area contributed by atoms with Gasteiger partial charge in [0.2, 0.25) is 5.91 Å². The summed E-state index contributed by atoms with van der Waals surface area (Å²) in [6.45, 7) is 5.66. The van der Waals surface area contributed by atoms with Gasteiger partial charge in [-0.05, 0) is 60.0 Å². The first-order valence-corrected chi connectivity index (χ1v) is 12.1. The molecule has 0 saturated carbocycles. The highest BCUT2D eigenvalue weighted by atomic mass is 32.1. The summed E-state index contributed by atoms with van der Waals surface area (Å²) < 4.78 is 0. The highest BCUT2D eigenvalue weighted by Gasteiger charge is 2.25.